The topological polar surface area (TPSA) is 141 Å². The molecule has 0 atom stereocenters. The number of carbonyl (C=O) groups is 1. The molecule has 5 heterocycles. The van der Waals surface area contributed by atoms with Gasteiger partial charge in [-0.05, 0) is 153 Å². The second kappa shape index (κ2) is 24.1. The zero-order valence-corrected chi connectivity index (χ0v) is 47.4. The van der Waals surface area contributed by atoms with Crippen molar-refractivity contribution in [2.75, 3.05) is 11.5 Å². The van der Waals surface area contributed by atoms with Crippen molar-refractivity contribution in [3.63, 3.8) is 0 Å². The molecule has 0 saturated heterocycles. The summed E-state index contributed by atoms with van der Waals surface area (Å²) < 4.78 is 2.91. The summed E-state index contributed by atoms with van der Waals surface area (Å²) in [5.41, 5.74) is 20.1. The molecule has 85 heavy (non-hydrogen) atoms. The molecule has 0 aliphatic carbocycles. The standard InChI is InChI=1S/C26H15N3.C21H14N2.C15H10O.C6H8N2.C5H3BrClN.CH4/c1-3-10-18-16(8-1)17-9-2-4-11-19(17)24-23(18)20-12-7-15-27-25(20)29-22-14-6-5-13-21(22)28-26(24)29;1-2-8-15-14(7-1)13-18(17-10-4-3-9-16(15)17)21-22-19-11-5-6-12-20(19)23-21;16-10-12-9-11-5-1-2-6-13(11)15-8-4-3-7-14(12)15;7-5-3-1-2-4-6(5)8;6-5-4(7)2-1-3-8-5;/h1-15H;1-13H,(H,22,23);1-10H;1-4H,7-8H2;1-3H;1H4. The quantitative estimate of drug-likeness (QED) is 0.0677. The van der Waals surface area contributed by atoms with Crippen molar-refractivity contribution in [3.8, 4) is 11.4 Å². The maximum absolute atomic E-state index is 11.1. The minimum absolute atomic E-state index is 0. The van der Waals surface area contributed by atoms with Gasteiger partial charge in [0, 0.05) is 39.7 Å². The van der Waals surface area contributed by atoms with Gasteiger partial charge >= 0.3 is 0 Å². The summed E-state index contributed by atoms with van der Waals surface area (Å²) in [6.07, 6.45) is 4.47. The fourth-order valence-electron chi connectivity index (χ4n) is 11.2. The Balaban J connectivity index is 0.000000113. The molecule has 0 spiro atoms. The molecule has 5 aromatic heterocycles. The highest BCUT2D eigenvalue weighted by Crippen LogP contribution is 2.42. The number of nitrogens with two attached hydrogens (primary N) is 2. The van der Waals surface area contributed by atoms with Crippen LogP contribution in [0.5, 0.6) is 0 Å². The van der Waals surface area contributed by atoms with E-state index in [2.05, 4.69) is 176 Å². The van der Waals surface area contributed by atoms with E-state index < -0.39 is 0 Å². The average Bonchev–Trinajstić information content (AvgIpc) is 1.91. The van der Waals surface area contributed by atoms with Crippen LogP contribution in [0, 0.1) is 0 Å². The molecule has 0 radical (unpaired) electrons. The van der Waals surface area contributed by atoms with Crippen molar-refractivity contribution in [2.45, 2.75) is 7.43 Å². The van der Waals surface area contributed by atoms with Gasteiger partial charge in [0.2, 0.25) is 0 Å². The minimum atomic E-state index is 0. The Hall–Kier alpha value is -10.5. The van der Waals surface area contributed by atoms with Crippen molar-refractivity contribution in [3.05, 3.63) is 282 Å². The van der Waals surface area contributed by atoms with Gasteiger partial charge in [-0.3, -0.25) is 9.20 Å². The van der Waals surface area contributed by atoms with Gasteiger partial charge in [-0.25, -0.2) is 19.9 Å². The summed E-state index contributed by atoms with van der Waals surface area (Å²) in [4.78, 5) is 33.0. The largest absolute Gasteiger partial charge is 0.397 e. The number of aromatic amines is 1. The van der Waals surface area contributed by atoms with Crippen LogP contribution < -0.4 is 11.5 Å². The SMILES string of the molecule is C.Clc1cccnc1Br.Nc1ccccc1N.O=Cc1cc2ccccc2c2ccccc12.c1ccc2c(c1)cc(-c1nc3ccccc3[nH]1)c1ccccc12.c1ccc2c(c1)nc1c3c4ccccc4c4ccccc4c3c3cccnc3n21. The number of H-pyrrole nitrogens is 1. The molecule has 0 fully saturated rings. The van der Waals surface area contributed by atoms with Crippen LogP contribution in [0.2, 0.25) is 5.02 Å². The fraction of sp³-hybridized carbons (Fsp3) is 0.0135. The number of nitrogen functional groups attached to an aromatic ring is 2. The first-order valence-corrected chi connectivity index (χ1v) is 28.4. The molecular formula is C74H54BrClN8O. The summed E-state index contributed by atoms with van der Waals surface area (Å²) in [5, 5.41) is 18.7. The smallest absolute Gasteiger partial charge is 0.150 e. The highest BCUT2D eigenvalue weighted by atomic mass is 79.9. The summed E-state index contributed by atoms with van der Waals surface area (Å²) in [7, 11) is 0. The molecule has 0 aliphatic heterocycles. The Labute approximate surface area is 503 Å². The number of aromatic nitrogens is 6. The van der Waals surface area contributed by atoms with Gasteiger partial charge in [0.1, 0.15) is 21.7 Å². The number of imidazole rings is 2. The number of para-hydroxylation sites is 6. The molecule has 11 heteroatoms. The average molecular weight is 1190 g/mol. The third kappa shape index (κ3) is 10.6. The van der Waals surface area contributed by atoms with E-state index in [-0.39, 0.29) is 7.43 Å². The number of nitrogens with one attached hydrogen (secondary N) is 1. The lowest BCUT2D eigenvalue weighted by Gasteiger charge is -2.14. The number of pyridine rings is 3. The highest BCUT2D eigenvalue weighted by molar-refractivity contribution is 9.10. The van der Waals surface area contributed by atoms with Crippen LogP contribution in [0.3, 0.4) is 0 Å². The first kappa shape index (κ1) is 55.0. The van der Waals surface area contributed by atoms with Crippen LogP contribution in [0.4, 0.5) is 11.4 Å². The third-order valence-corrected chi connectivity index (χ3v) is 16.2. The summed E-state index contributed by atoms with van der Waals surface area (Å²) in [5.74, 6) is 0.924. The Morgan fingerprint density at radius 2 is 0.906 bits per heavy atom. The Kier molecular flexibility index (Phi) is 15.6. The fourth-order valence-corrected chi connectivity index (χ4v) is 11.6. The number of fused-ring (bicyclic) bond motifs is 20. The zero-order chi connectivity index (χ0) is 57.1. The van der Waals surface area contributed by atoms with Gasteiger partial charge in [-0.1, -0.05) is 201 Å². The van der Waals surface area contributed by atoms with Crippen LogP contribution in [0.15, 0.2) is 272 Å². The Morgan fingerprint density at radius 3 is 1.51 bits per heavy atom. The third-order valence-electron chi connectivity index (χ3n) is 15.0. The molecule has 9 nitrogen and oxygen atoms in total. The molecule has 0 amide bonds. The molecule has 12 aromatic carbocycles. The molecule has 0 unspecified atom stereocenters. The maximum atomic E-state index is 11.1. The Morgan fingerprint density at radius 1 is 0.435 bits per heavy atom. The normalized spacial score (nSPS) is 11.0. The van der Waals surface area contributed by atoms with Crippen LogP contribution in [0.25, 0.3) is 126 Å². The van der Waals surface area contributed by atoms with Gasteiger partial charge in [-0.15, -0.1) is 0 Å². The molecular weight excluding hydrogens is 1130 g/mol. The lowest BCUT2D eigenvalue weighted by atomic mass is 9.93. The van der Waals surface area contributed by atoms with Gasteiger partial charge in [0.15, 0.2) is 6.29 Å². The van der Waals surface area contributed by atoms with E-state index in [9.17, 15) is 4.79 Å². The Bertz CT molecular complexity index is 5210. The molecule has 17 aromatic rings. The van der Waals surface area contributed by atoms with Crippen LogP contribution in [-0.2, 0) is 0 Å². The first-order valence-electron chi connectivity index (χ1n) is 27.3. The number of halogens is 2. The molecule has 0 aliphatic rings. The molecule has 410 valence electrons. The summed E-state index contributed by atoms with van der Waals surface area (Å²) in [6, 6.07) is 86.2. The van der Waals surface area contributed by atoms with E-state index in [1.807, 2.05) is 91.1 Å². The van der Waals surface area contributed by atoms with Gasteiger partial charge in [0.05, 0.1) is 38.5 Å². The minimum Gasteiger partial charge on any atom is -0.397 e. The number of hydrogen-bond acceptors (Lipinski definition) is 7. The summed E-state index contributed by atoms with van der Waals surface area (Å²) >= 11 is 8.75. The van der Waals surface area contributed by atoms with Crippen molar-refractivity contribution >= 4 is 159 Å². The van der Waals surface area contributed by atoms with E-state index in [1.165, 1.54) is 59.2 Å². The van der Waals surface area contributed by atoms with E-state index in [0.29, 0.717) is 21.0 Å². The number of carbonyl (C=O) groups excluding carboxylic acids is 1. The predicted molar refractivity (Wildman–Crippen MR) is 363 cm³/mol. The van der Waals surface area contributed by atoms with E-state index in [4.69, 9.17) is 38.0 Å². The van der Waals surface area contributed by atoms with E-state index in [1.54, 1.807) is 30.5 Å². The molecule has 0 bridgehead atoms. The first-order chi connectivity index (χ1) is 41.3. The van der Waals surface area contributed by atoms with Crippen molar-refractivity contribution in [1.29, 1.82) is 0 Å². The number of hydrogen-bond donors (Lipinski definition) is 3. The van der Waals surface area contributed by atoms with Crippen LogP contribution in [0.1, 0.15) is 17.8 Å². The van der Waals surface area contributed by atoms with Crippen molar-refractivity contribution in [2.24, 2.45) is 0 Å². The summed E-state index contributed by atoms with van der Waals surface area (Å²) in [6.45, 7) is 0. The maximum Gasteiger partial charge on any atom is 0.150 e. The second-order valence-electron chi connectivity index (χ2n) is 20.0. The van der Waals surface area contributed by atoms with Gasteiger partial charge < -0.3 is 16.5 Å². The number of rotatable bonds is 2. The molecule has 5 N–H and O–H groups in total. The molecule has 0 saturated carbocycles. The highest BCUT2D eigenvalue weighted by Gasteiger charge is 2.19. The number of nitrogens with zero attached hydrogens (tertiary/aromatic N) is 5. The lowest BCUT2D eigenvalue weighted by Crippen LogP contribution is -1.95. The van der Waals surface area contributed by atoms with Crippen molar-refractivity contribution in [1.82, 2.24) is 29.3 Å². The van der Waals surface area contributed by atoms with Crippen LogP contribution in [-0.4, -0.2) is 35.6 Å². The van der Waals surface area contributed by atoms with Gasteiger partial charge in [-0.2, -0.15) is 0 Å². The number of anilines is 2. The van der Waals surface area contributed by atoms with Gasteiger partial charge in [0.25, 0.3) is 0 Å². The monoisotopic (exact) mass is 1180 g/mol. The molecule has 17 rings (SSSR count). The van der Waals surface area contributed by atoms with E-state index in [0.717, 1.165) is 78.1 Å². The zero-order valence-electron chi connectivity index (χ0n) is 45.0. The number of aldehydes is 1. The van der Waals surface area contributed by atoms with Crippen molar-refractivity contribution < 1.29 is 4.79 Å². The lowest BCUT2D eigenvalue weighted by molar-refractivity contribution is 0.112. The second-order valence-corrected chi connectivity index (χ2v) is 21.2. The van der Waals surface area contributed by atoms with Crippen LogP contribution >= 0.6 is 27.5 Å². The predicted octanol–water partition coefficient (Wildman–Crippen LogP) is 19.8. The number of benzene rings is 12. The van der Waals surface area contributed by atoms with E-state index >= 15 is 0 Å².